The van der Waals surface area contributed by atoms with E-state index in [1.807, 2.05) is 31.2 Å². The summed E-state index contributed by atoms with van der Waals surface area (Å²) in [6.07, 6.45) is 1.56. The highest BCUT2D eigenvalue weighted by atomic mass is 35.5. The van der Waals surface area contributed by atoms with Gasteiger partial charge in [-0.2, -0.15) is 5.10 Å². The normalized spacial score (nSPS) is 10.6. The van der Waals surface area contributed by atoms with Crippen molar-refractivity contribution >= 4 is 23.7 Å². The van der Waals surface area contributed by atoms with Crippen LogP contribution in [0, 0.1) is 0 Å². The van der Waals surface area contributed by atoms with E-state index in [1.54, 1.807) is 30.5 Å². The zero-order chi connectivity index (χ0) is 15.1. The van der Waals surface area contributed by atoms with Gasteiger partial charge in [0.2, 0.25) is 0 Å². The molecule has 0 saturated heterocycles. The highest BCUT2D eigenvalue weighted by Gasteiger charge is 2.03. The molecule has 0 radical (unpaired) electrons. The molecule has 21 heavy (non-hydrogen) atoms. The van der Waals surface area contributed by atoms with Crippen molar-refractivity contribution in [1.29, 1.82) is 0 Å². The first kappa shape index (κ1) is 15.1. The number of hydrogen-bond acceptors (Lipinski definition) is 3. The molecule has 0 heterocycles. The zero-order valence-electron chi connectivity index (χ0n) is 11.5. The summed E-state index contributed by atoms with van der Waals surface area (Å²) in [5.74, 6) is 0.456. The van der Waals surface area contributed by atoms with E-state index in [0.717, 1.165) is 11.3 Å². The Morgan fingerprint density at radius 2 is 2.10 bits per heavy atom. The van der Waals surface area contributed by atoms with Crippen LogP contribution in [-0.4, -0.2) is 18.7 Å². The largest absolute Gasteiger partial charge is 0.494 e. The third kappa shape index (κ3) is 4.61. The number of ether oxygens (including phenoxy) is 1. The molecule has 0 aromatic heterocycles. The second-order valence-electron chi connectivity index (χ2n) is 4.21. The Kier molecular flexibility index (Phi) is 5.35. The number of hydrogen-bond donors (Lipinski definition) is 1. The second-order valence-corrected chi connectivity index (χ2v) is 4.65. The summed E-state index contributed by atoms with van der Waals surface area (Å²) >= 11 is 5.83. The third-order valence-corrected chi connectivity index (χ3v) is 2.87. The predicted octanol–water partition coefficient (Wildman–Crippen LogP) is 3.50. The summed E-state index contributed by atoms with van der Waals surface area (Å²) in [6.45, 7) is 2.53. The van der Waals surface area contributed by atoms with E-state index in [4.69, 9.17) is 16.3 Å². The van der Waals surface area contributed by atoms with Gasteiger partial charge in [0.15, 0.2) is 0 Å². The summed E-state index contributed by atoms with van der Waals surface area (Å²) in [6, 6.07) is 14.1. The lowest BCUT2D eigenvalue weighted by atomic mass is 10.2. The predicted molar refractivity (Wildman–Crippen MR) is 84.1 cm³/mol. The molecular formula is C16H15ClN2O2. The van der Waals surface area contributed by atoms with Crippen molar-refractivity contribution in [2.45, 2.75) is 6.92 Å². The molecule has 0 saturated carbocycles. The smallest absolute Gasteiger partial charge is 0.271 e. The average molecular weight is 303 g/mol. The first-order chi connectivity index (χ1) is 10.2. The van der Waals surface area contributed by atoms with E-state index in [0.29, 0.717) is 17.2 Å². The molecule has 0 aliphatic rings. The van der Waals surface area contributed by atoms with E-state index >= 15 is 0 Å². The number of rotatable bonds is 5. The van der Waals surface area contributed by atoms with Gasteiger partial charge in [0.05, 0.1) is 12.8 Å². The maximum absolute atomic E-state index is 11.8. The average Bonchev–Trinajstić information content (AvgIpc) is 2.48. The summed E-state index contributed by atoms with van der Waals surface area (Å²) in [7, 11) is 0. The Morgan fingerprint density at radius 3 is 2.86 bits per heavy atom. The molecule has 1 N–H and O–H groups in total. The lowest BCUT2D eigenvalue weighted by Crippen LogP contribution is -2.17. The second kappa shape index (κ2) is 7.45. The Bertz CT molecular complexity index is 656. The molecule has 0 atom stereocenters. The molecule has 0 bridgehead atoms. The molecule has 1 amide bonds. The fourth-order valence-corrected chi connectivity index (χ4v) is 1.90. The van der Waals surface area contributed by atoms with Crippen LogP contribution in [0.15, 0.2) is 53.6 Å². The monoisotopic (exact) mass is 302 g/mol. The van der Waals surface area contributed by atoms with Crippen molar-refractivity contribution in [3.63, 3.8) is 0 Å². The van der Waals surface area contributed by atoms with Crippen molar-refractivity contribution in [2.75, 3.05) is 6.61 Å². The fraction of sp³-hybridized carbons (Fsp3) is 0.125. The molecular weight excluding hydrogens is 288 g/mol. The van der Waals surface area contributed by atoms with Crippen molar-refractivity contribution in [2.24, 2.45) is 5.10 Å². The van der Waals surface area contributed by atoms with Crippen LogP contribution in [0.1, 0.15) is 22.8 Å². The van der Waals surface area contributed by atoms with Crippen LogP contribution in [-0.2, 0) is 0 Å². The summed E-state index contributed by atoms with van der Waals surface area (Å²) in [5.41, 5.74) is 3.76. The molecule has 5 heteroatoms. The van der Waals surface area contributed by atoms with Gasteiger partial charge in [-0.05, 0) is 42.8 Å². The van der Waals surface area contributed by atoms with E-state index in [2.05, 4.69) is 10.5 Å². The van der Waals surface area contributed by atoms with Gasteiger partial charge in [-0.1, -0.05) is 29.8 Å². The van der Waals surface area contributed by atoms with Gasteiger partial charge in [-0.25, -0.2) is 5.43 Å². The van der Waals surface area contributed by atoms with Crippen LogP contribution >= 0.6 is 11.6 Å². The Hall–Kier alpha value is -2.33. The standard InChI is InChI=1S/C16H15ClN2O2/c1-2-21-15-8-3-5-12(9-15)11-18-19-16(20)13-6-4-7-14(17)10-13/h3-11H,2H2,1H3,(H,19,20)/b18-11-. The van der Waals surface area contributed by atoms with Crippen molar-refractivity contribution in [1.82, 2.24) is 5.43 Å². The van der Waals surface area contributed by atoms with Gasteiger partial charge in [-0.3, -0.25) is 4.79 Å². The van der Waals surface area contributed by atoms with E-state index < -0.39 is 0 Å². The van der Waals surface area contributed by atoms with Crippen LogP contribution < -0.4 is 10.2 Å². The minimum Gasteiger partial charge on any atom is -0.494 e. The summed E-state index contributed by atoms with van der Waals surface area (Å²) in [5, 5.41) is 4.44. The van der Waals surface area contributed by atoms with Crippen LogP contribution in [0.25, 0.3) is 0 Å². The number of amides is 1. The van der Waals surface area contributed by atoms with Crippen molar-refractivity contribution in [3.05, 3.63) is 64.7 Å². The van der Waals surface area contributed by atoms with Gasteiger partial charge in [-0.15, -0.1) is 0 Å². The SMILES string of the molecule is CCOc1cccc(/C=N\NC(=O)c2cccc(Cl)c2)c1. The Morgan fingerprint density at radius 1 is 1.29 bits per heavy atom. The maximum atomic E-state index is 11.8. The van der Waals surface area contributed by atoms with Crippen LogP contribution in [0.5, 0.6) is 5.75 Å². The number of hydrazone groups is 1. The molecule has 2 aromatic carbocycles. The minimum atomic E-state index is -0.310. The molecule has 0 spiro atoms. The molecule has 0 fully saturated rings. The molecule has 108 valence electrons. The fourth-order valence-electron chi connectivity index (χ4n) is 1.71. The van der Waals surface area contributed by atoms with E-state index in [-0.39, 0.29) is 5.91 Å². The Balaban J connectivity index is 1.99. The molecule has 4 nitrogen and oxygen atoms in total. The summed E-state index contributed by atoms with van der Waals surface area (Å²) in [4.78, 5) is 11.8. The van der Waals surface area contributed by atoms with Crippen molar-refractivity contribution < 1.29 is 9.53 Å². The quantitative estimate of drug-likeness (QED) is 0.679. The van der Waals surface area contributed by atoms with Gasteiger partial charge in [0.1, 0.15) is 5.75 Å². The molecule has 0 aliphatic carbocycles. The number of carbonyl (C=O) groups is 1. The lowest BCUT2D eigenvalue weighted by molar-refractivity contribution is 0.0955. The lowest BCUT2D eigenvalue weighted by Gasteiger charge is -2.03. The highest BCUT2D eigenvalue weighted by molar-refractivity contribution is 6.30. The first-order valence-electron chi connectivity index (χ1n) is 6.51. The molecule has 0 unspecified atom stereocenters. The van der Waals surface area contributed by atoms with Crippen LogP contribution in [0.4, 0.5) is 0 Å². The first-order valence-corrected chi connectivity index (χ1v) is 6.88. The van der Waals surface area contributed by atoms with Gasteiger partial charge >= 0.3 is 0 Å². The molecule has 2 aromatic rings. The van der Waals surface area contributed by atoms with Crippen LogP contribution in [0.3, 0.4) is 0 Å². The third-order valence-electron chi connectivity index (χ3n) is 2.64. The molecule has 0 aliphatic heterocycles. The van der Waals surface area contributed by atoms with E-state index in [1.165, 1.54) is 0 Å². The molecule has 2 rings (SSSR count). The van der Waals surface area contributed by atoms with Crippen LogP contribution in [0.2, 0.25) is 5.02 Å². The zero-order valence-corrected chi connectivity index (χ0v) is 12.3. The number of nitrogens with one attached hydrogen (secondary N) is 1. The van der Waals surface area contributed by atoms with Gasteiger partial charge < -0.3 is 4.74 Å². The topological polar surface area (TPSA) is 50.7 Å². The number of nitrogens with zero attached hydrogens (tertiary/aromatic N) is 1. The van der Waals surface area contributed by atoms with Gasteiger partial charge in [0.25, 0.3) is 5.91 Å². The van der Waals surface area contributed by atoms with Gasteiger partial charge in [0, 0.05) is 10.6 Å². The maximum Gasteiger partial charge on any atom is 0.271 e. The Labute approximate surface area is 128 Å². The summed E-state index contributed by atoms with van der Waals surface area (Å²) < 4.78 is 5.39. The van der Waals surface area contributed by atoms with E-state index in [9.17, 15) is 4.79 Å². The van der Waals surface area contributed by atoms with Crippen molar-refractivity contribution in [3.8, 4) is 5.75 Å². The highest BCUT2D eigenvalue weighted by Crippen LogP contribution is 2.12. The number of carbonyl (C=O) groups excluding carboxylic acids is 1. The number of benzene rings is 2. The minimum absolute atomic E-state index is 0.310. The number of halogens is 1.